The zero-order valence-electron chi connectivity index (χ0n) is 22.2. The van der Waals surface area contributed by atoms with Crippen molar-refractivity contribution >= 4 is 68.1 Å². The molecule has 11 heteroatoms. The molecule has 0 bridgehead atoms. The molecule has 8 nitrogen and oxygen atoms in total. The molecule has 212 valence electrons. The van der Waals surface area contributed by atoms with Gasteiger partial charge in [-0.3, -0.25) is 4.79 Å². The van der Waals surface area contributed by atoms with E-state index in [0.29, 0.717) is 38.1 Å². The molecule has 4 aromatic carbocycles. The van der Waals surface area contributed by atoms with Crippen molar-refractivity contribution < 1.29 is 23.8 Å². The second-order valence-corrected chi connectivity index (χ2v) is 10.7. The molecule has 0 aliphatic carbocycles. The Kier molecular flexibility index (Phi) is 8.82. The van der Waals surface area contributed by atoms with Gasteiger partial charge in [-0.25, -0.2) is 10.2 Å². The lowest BCUT2D eigenvalue weighted by molar-refractivity contribution is 0.0726. The number of nitrogens with zero attached hydrogens (tertiary/aromatic N) is 1. The number of halogens is 3. The number of fused-ring (bicyclic) bond motifs is 1. The van der Waals surface area contributed by atoms with E-state index < -0.39 is 11.9 Å². The Hall–Kier alpha value is -4.31. The van der Waals surface area contributed by atoms with Crippen molar-refractivity contribution in [3.05, 3.63) is 110 Å². The number of esters is 1. The summed E-state index contributed by atoms with van der Waals surface area (Å²) < 4.78 is 17.0. The largest absolute Gasteiger partial charge is 0.496 e. The van der Waals surface area contributed by atoms with Crippen molar-refractivity contribution in [1.29, 1.82) is 0 Å². The molecule has 0 atom stereocenters. The van der Waals surface area contributed by atoms with E-state index in [1.165, 1.54) is 26.5 Å². The Morgan fingerprint density at radius 1 is 0.905 bits per heavy atom. The van der Waals surface area contributed by atoms with Gasteiger partial charge in [0, 0.05) is 20.4 Å². The summed E-state index contributed by atoms with van der Waals surface area (Å²) in [5, 5.41) is 5.76. The molecule has 5 rings (SSSR count). The number of H-pyrrole nitrogens is 1. The van der Waals surface area contributed by atoms with E-state index in [1.54, 1.807) is 36.4 Å². The molecular formula is C31H22BrCl2N3O5. The van der Waals surface area contributed by atoms with Crippen molar-refractivity contribution in [3.8, 4) is 28.4 Å². The van der Waals surface area contributed by atoms with Gasteiger partial charge in [0.25, 0.3) is 5.91 Å². The second kappa shape index (κ2) is 12.7. The van der Waals surface area contributed by atoms with Crippen molar-refractivity contribution in [2.24, 2.45) is 5.10 Å². The van der Waals surface area contributed by atoms with E-state index in [2.05, 4.69) is 31.4 Å². The van der Waals surface area contributed by atoms with Crippen LogP contribution in [0.3, 0.4) is 0 Å². The Morgan fingerprint density at radius 2 is 1.64 bits per heavy atom. The highest BCUT2D eigenvalue weighted by molar-refractivity contribution is 9.10. The maximum Gasteiger partial charge on any atom is 0.347 e. The standard InChI is InChI=1S/C31H22BrCl2N3O5/c1-40-24-11-9-20(33)15-21(24)31(39)42-25-10-8-17(12-26(25)41-2)16-35-37-30(38)29-27(18-6-4-3-5-7-18)22-13-19(32)14-23(34)28(22)36-29/h3-16,36H,1-2H3,(H,37,38). The normalized spacial score (nSPS) is 11.1. The lowest BCUT2D eigenvalue weighted by Gasteiger charge is -2.12. The number of aromatic amines is 1. The number of benzene rings is 4. The predicted molar refractivity (Wildman–Crippen MR) is 167 cm³/mol. The van der Waals surface area contributed by atoms with Crippen LogP contribution in [-0.2, 0) is 0 Å². The van der Waals surface area contributed by atoms with Gasteiger partial charge >= 0.3 is 5.97 Å². The van der Waals surface area contributed by atoms with Gasteiger partial charge in [-0.1, -0.05) is 69.5 Å². The Bertz CT molecular complexity index is 1840. The van der Waals surface area contributed by atoms with Gasteiger partial charge in [0.15, 0.2) is 11.5 Å². The zero-order valence-corrected chi connectivity index (χ0v) is 25.3. The summed E-state index contributed by atoms with van der Waals surface area (Å²) in [6.45, 7) is 0. The third-order valence-electron chi connectivity index (χ3n) is 6.27. The Balaban J connectivity index is 1.37. The highest BCUT2D eigenvalue weighted by atomic mass is 79.9. The first-order valence-corrected chi connectivity index (χ1v) is 14.0. The van der Waals surface area contributed by atoms with Crippen molar-refractivity contribution in [1.82, 2.24) is 10.4 Å². The van der Waals surface area contributed by atoms with Crippen molar-refractivity contribution in [3.63, 3.8) is 0 Å². The second-order valence-electron chi connectivity index (χ2n) is 8.89. The molecule has 2 N–H and O–H groups in total. The molecule has 0 saturated carbocycles. The summed E-state index contributed by atoms with van der Waals surface area (Å²) >= 11 is 16.0. The maximum atomic E-state index is 13.3. The van der Waals surface area contributed by atoms with Crippen LogP contribution in [-0.4, -0.2) is 37.3 Å². The minimum absolute atomic E-state index is 0.167. The Morgan fingerprint density at radius 3 is 2.38 bits per heavy atom. The molecular weight excluding hydrogens is 645 g/mol. The Labute approximate surface area is 259 Å². The molecule has 0 unspecified atom stereocenters. The van der Waals surface area contributed by atoms with Crippen LogP contribution in [0.4, 0.5) is 0 Å². The van der Waals surface area contributed by atoms with Crippen molar-refractivity contribution in [2.45, 2.75) is 0 Å². The quantitative estimate of drug-likeness (QED) is 0.0759. The first-order chi connectivity index (χ1) is 20.3. The average Bonchev–Trinajstić information content (AvgIpc) is 3.38. The number of aromatic nitrogens is 1. The van der Waals surface area contributed by atoms with Gasteiger partial charge in [-0.05, 0) is 59.7 Å². The van der Waals surface area contributed by atoms with E-state index in [4.69, 9.17) is 37.4 Å². The summed E-state index contributed by atoms with van der Waals surface area (Å²) in [7, 11) is 2.89. The van der Waals surface area contributed by atoms with Crippen LogP contribution in [0.1, 0.15) is 26.4 Å². The number of ether oxygens (including phenoxy) is 3. The van der Waals surface area contributed by atoms with Gasteiger partial charge in [0.2, 0.25) is 0 Å². The van der Waals surface area contributed by atoms with Crippen LogP contribution in [0.5, 0.6) is 17.2 Å². The zero-order chi connectivity index (χ0) is 29.8. The fourth-order valence-electron chi connectivity index (χ4n) is 4.36. The lowest BCUT2D eigenvalue weighted by Crippen LogP contribution is -2.18. The number of hydrazone groups is 1. The van der Waals surface area contributed by atoms with E-state index in [9.17, 15) is 9.59 Å². The van der Waals surface area contributed by atoms with E-state index >= 15 is 0 Å². The summed E-state index contributed by atoms with van der Waals surface area (Å²) in [6, 6.07) is 22.7. The third kappa shape index (κ3) is 6.13. The number of carbonyl (C=O) groups excluding carboxylic acids is 2. The lowest BCUT2D eigenvalue weighted by atomic mass is 10.0. The van der Waals surface area contributed by atoms with Gasteiger partial charge < -0.3 is 19.2 Å². The first-order valence-electron chi connectivity index (χ1n) is 12.4. The van der Waals surface area contributed by atoms with Gasteiger partial charge in [-0.2, -0.15) is 5.10 Å². The first kappa shape index (κ1) is 29.2. The van der Waals surface area contributed by atoms with E-state index in [0.717, 1.165) is 15.4 Å². The smallest absolute Gasteiger partial charge is 0.347 e. The van der Waals surface area contributed by atoms with Crippen LogP contribution >= 0.6 is 39.1 Å². The molecule has 0 radical (unpaired) electrons. The number of rotatable bonds is 8. The van der Waals surface area contributed by atoms with Gasteiger partial charge in [0.1, 0.15) is 17.0 Å². The number of nitrogens with one attached hydrogen (secondary N) is 2. The van der Waals surface area contributed by atoms with Gasteiger partial charge in [-0.15, -0.1) is 0 Å². The topological polar surface area (TPSA) is 102 Å². The number of amides is 1. The minimum Gasteiger partial charge on any atom is -0.496 e. The monoisotopic (exact) mass is 665 g/mol. The van der Waals surface area contributed by atoms with Crippen LogP contribution < -0.4 is 19.6 Å². The van der Waals surface area contributed by atoms with Crippen LogP contribution in [0.15, 0.2) is 88.4 Å². The van der Waals surface area contributed by atoms with E-state index in [1.807, 2.05) is 36.4 Å². The summed E-state index contributed by atoms with van der Waals surface area (Å²) in [4.78, 5) is 29.3. The highest BCUT2D eigenvalue weighted by Gasteiger charge is 2.21. The highest BCUT2D eigenvalue weighted by Crippen LogP contribution is 2.38. The van der Waals surface area contributed by atoms with Gasteiger partial charge in [0.05, 0.1) is 31.0 Å². The number of hydrogen-bond acceptors (Lipinski definition) is 6. The molecule has 1 aromatic heterocycles. The minimum atomic E-state index is -0.666. The molecule has 0 spiro atoms. The molecule has 5 aromatic rings. The maximum absolute atomic E-state index is 13.3. The average molecular weight is 667 g/mol. The fraction of sp³-hybridized carbons (Fsp3) is 0.0645. The third-order valence-corrected chi connectivity index (χ3v) is 7.26. The van der Waals surface area contributed by atoms with E-state index in [-0.39, 0.29) is 17.1 Å². The molecule has 42 heavy (non-hydrogen) atoms. The molecule has 0 fully saturated rings. The summed E-state index contributed by atoms with van der Waals surface area (Å²) in [5.74, 6) is -0.341. The number of methoxy groups -OCH3 is 2. The molecule has 1 heterocycles. The van der Waals surface area contributed by atoms with Crippen LogP contribution in [0.2, 0.25) is 10.0 Å². The molecule has 0 aliphatic rings. The predicted octanol–water partition coefficient (Wildman–Crippen LogP) is 7.90. The summed E-state index contributed by atoms with van der Waals surface area (Å²) in [5.41, 5.74) is 5.81. The SMILES string of the molecule is COc1cc(C=NNC(=O)c2[nH]c3c(Cl)cc(Br)cc3c2-c2ccccc2)ccc1OC(=O)c1cc(Cl)ccc1OC. The fourth-order valence-corrected chi connectivity index (χ4v) is 5.39. The number of carbonyl (C=O) groups is 2. The number of hydrogen-bond donors (Lipinski definition) is 2. The summed E-state index contributed by atoms with van der Waals surface area (Å²) in [6.07, 6.45) is 1.44. The van der Waals surface area contributed by atoms with Crippen molar-refractivity contribution in [2.75, 3.05) is 14.2 Å². The van der Waals surface area contributed by atoms with Crippen LogP contribution in [0.25, 0.3) is 22.0 Å². The van der Waals surface area contributed by atoms with Crippen LogP contribution in [0, 0.1) is 0 Å². The molecule has 0 aliphatic heterocycles. The molecule has 1 amide bonds. The molecule has 0 saturated heterocycles.